The van der Waals surface area contributed by atoms with Crippen molar-refractivity contribution < 1.29 is 4.74 Å². The normalized spacial score (nSPS) is 25.5. The topological polar surface area (TPSA) is 21.3 Å². The molecule has 0 radical (unpaired) electrons. The fourth-order valence-corrected chi connectivity index (χ4v) is 4.71. The molecule has 0 amide bonds. The Morgan fingerprint density at radius 3 is 2.62 bits per heavy atom. The summed E-state index contributed by atoms with van der Waals surface area (Å²) in [6, 6.07) is 9.69. The van der Waals surface area contributed by atoms with Crippen LogP contribution >= 0.6 is 22.7 Å². The first-order chi connectivity index (χ1) is 10.1. The predicted octanol–water partition coefficient (Wildman–Crippen LogP) is 4.50. The fraction of sp³-hybridized carbons (Fsp3) is 0.529. The third kappa shape index (κ3) is 3.09. The quantitative estimate of drug-likeness (QED) is 0.846. The molecule has 0 aromatic carbocycles. The van der Waals surface area contributed by atoms with E-state index in [0.29, 0.717) is 18.2 Å². The van der Waals surface area contributed by atoms with Crippen molar-refractivity contribution in [2.45, 2.75) is 44.9 Å². The van der Waals surface area contributed by atoms with Crippen LogP contribution in [0.25, 0.3) is 0 Å². The number of hydrogen-bond donors (Lipinski definition) is 1. The minimum atomic E-state index is 0.208. The van der Waals surface area contributed by atoms with Gasteiger partial charge in [0.1, 0.15) is 0 Å². The smallest absolute Gasteiger partial charge is 0.0652 e. The van der Waals surface area contributed by atoms with Gasteiger partial charge in [-0.05, 0) is 29.3 Å². The van der Waals surface area contributed by atoms with Gasteiger partial charge in [0.25, 0.3) is 0 Å². The monoisotopic (exact) mass is 321 g/mol. The number of thiophene rings is 2. The molecule has 114 valence electrons. The van der Waals surface area contributed by atoms with E-state index in [0.717, 1.165) is 12.8 Å². The van der Waals surface area contributed by atoms with E-state index in [1.807, 2.05) is 29.8 Å². The molecule has 2 aromatic heterocycles. The second-order valence-corrected chi connectivity index (χ2v) is 8.36. The molecule has 0 bridgehead atoms. The summed E-state index contributed by atoms with van der Waals surface area (Å²) in [5, 5.41) is 8.22. The van der Waals surface area contributed by atoms with E-state index in [1.54, 1.807) is 0 Å². The molecule has 3 rings (SSSR count). The first-order valence-electron chi connectivity index (χ1n) is 7.46. The largest absolute Gasteiger partial charge is 0.381 e. The molecule has 2 aromatic rings. The molecule has 1 N–H and O–H groups in total. The summed E-state index contributed by atoms with van der Waals surface area (Å²) in [4.78, 5) is 2.88. The summed E-state index contributed by atoms with van der Waals surface area (Å²) < 4.78 is 5.57. The maximum atomic E-state index is 5.57. The van der Waals surface area contributed by atoms with Crippen LogP contribution in [0.5, 0.6) is 0 Å². The third-order valence-electron chi connectivity index (χ3n) is 4.74. The number of hydrogen-bond acceptors (Lipinski definition) is 4. The van der Waals surface area contributed by atoms with E-state index >= 15 is 0 Å². The molecular formula is C17H23NOS2. The maximum Gasteiger partial charge on any atom is 0.0652 e. The molecule has 1 fully saturated rings. The van der Waals surface area contributed by atoms with Gasteiger partial charge in [0.15, 0.2) is 0 Å². The Morgan fingerprint density at radius 1 is 1.29 bits per heavy atom. The van der Waals surface area contributed by atoms with Crippen LogP contribution in [0.4, 0.5) is 0 Å². The average molecular weight is 322 g/mol. The number of nitrogens with one attached hydrogen (secondary N) is 1. The number of rotatable bonds is 6. The molecule has 2 nitrogen and oxygen atoms in total. The standard InChI is InChI=1S/C17H23NOS2/c1-17(2)15(11-16(17)19-3)18-13(14-7-5-9-21-14)10-12-6-4-8-20-12/h4-9,13,15-16,18H,10-11H2,1-3H3. The zero-order valence-electron chi connectivity index (χ0n) is 12.8. The van der Waals surface area contributed by atoms with Crippen LogP contribution in [0.3, 0.4) is 0 Å². The first-order valence-corrected chi connectivity index (χ1v) is 9.22. The van der Waals surface area contributed by atoms with E-state index in [1.165, 1.54) is 9.75 Å². The summed E-state index contributed by atoms with van der Waals surface area (Å²) in [7, 11) is 1.82. The second-order valence-electron chi connectivity index (χ2n) is 6.35. The van der Waals surface area contributed by atoms with Gasteiger partial charge in [0.2, 0.25) is 0 Å². The Morgan fingerprint density at radius 2 is 2.05 bits per heavy atom. The summed E-state index contributed by atoms with van der Waals surface area (Å²) in [6.07, 6.45) is 2.55. The zero-order chi connectivity index (χ0) is 14.9. The van der Waals surface area contributed by atoms with E-state index in [9.17, 15) is 0 Å². The lowest BCUT2D eigenvalue weighted by molar-refractivity contribution is -0.100. The number of methoxy groups -OCH3 is 1. The highest BCUT2D eigenvalue weighted by Crippen LogP contribution is 2.44. The molecule has 0 spiro atoms. The van der Waals surface area contributed by atoms with Gasteiger partial charge in [-0.15, -0.1) is 22.7 Å². The lowest BCUT2D eigenvalue weighted by atomic mass is 9.64. The van der Waals surface area contributed by atoms with Gasteiger partial charge in [-0.2, -0.15) is 0 Å². The fourth-order valence-electron chi connectivity index (χ4n) is 3.17. The zero-order valence-corrected chi connectivity index (χ0v) is 14.5. The van der Waals surface area contributed by atoms with E-state index in [-0.39, 0.29) is 5.41 Å². The lowest BCUT2D eigenvalue weighted by Crippen LogP contribution is -2.61. The third-order valence-corrected chi connectivity index (χ3v) is 6.62. The van der Waals surface area contributed by atoms with Gasteiger partial charge < -0.3 is 10.1 Å². The van der Waals surface area contributed by atoms with Crippen LogP contribution in [0.2, 0.25) is 0 Å². The van der Waals surface area contributed by atoms with Gasteiger partial charge in [-0.1, -0.05) is 26.0 Å². The van der Waals surface area contributed by atoms with E-state index in [4.69, 9.17) is 4.74 Å². The Labute approximate surface area is 135 Å². The Hall–Kier alpha value is -0.680. The van der Waals surface area contributed by atoms with Crippen molar-refractivity contribution in [2.24, 2.45) is 5.41 Å². The van der Waals surface area contributed by atoms with Crippen molar-refractivity contribution in [2.75, 3.05) is 7.11 Å². The van der Waals surface area contributed by atoms with E-state index < -0.39 is 0 Å². The molecule has 21 heavy (non-hydrogen) atoms. The van der Waals surface area contributed by atoms with Crippen LogP contribution in [-0.2, 0) is 11.2 Å². The summed E-state index contributed by atoms with van der Waals surface area (Å²) in [5.74, 6) is 0. The predicted molar refractivity (Wildman–Crippen MR) is 91.2 cm³/mol. The summed E-state index contributed by atoms with van der Waals surface area (Å²) in [5.41, 5.74) is 0.208. The number of ether oxygens (including phenoxy) is 1. The Balaban J connectivity index is 1.72. The van der Waals surface area contributed by atoms with Crippen LogP contribution in [0.1, 0.15) is 36.1 Å². The molecule has 2 heterocycles. The highest BCUT2D eigenvalue weighted by Gasteiger charge is 2.49. The van der Waals surface area contributed by atoms with Crippen molar-refractivity contribution in [1.82, 2.24) is 5.32 Å². The van der Waals surface area contributed by atoms with Crippen LogP contribution in [-0.4, -0.2) is 19.3 Å². The SMILES string of the molecule is COC1CC(NC(Cc2cccs2)c2cccs2)C1(C)C. The molecule has 3 unspecified atom stereocenters. The van der Waals surface area contributed by atoms with Gasteiger partial charge in [-0.3, -0.25) is 0 Å². The van der Waals surface area contributed by atoms with Gasteiger partial charge in [0.05, 0.1) is 6.10 Å². The molecule has 3 atom stereocenters. The highest BCUT2D eigenvalue weighted by atomic mass is 32.1. The molecule has 4 heteroatoms. The van der Waals surface area contributed by atoms with Crippen LogP contribution < -0.4 is 5.32 Å². The molecule has 1 aliphatic rings. The van der Waals surface area contributed by atoms with Gasteiger partial charge in [0, 0.05) is 40.8 Å². The van der Waals surface area contributed by atoms with E-state index in [2.05, 4.69) is 54.2 Å². The minimum Gasteiger partial charge on any atom is -0.381 e. The van der Waals surface area contributed by atoms with Gasteiger partial charge in [-0.25, -0.2) is 0 Å². The van der Waals surface area contributed by atoms with Gasteiger partial charge >= 0.3 is 0 Å². The first kappa shape index (κ1) is 15.2. The second kappa shape index (κ2) is 6.21. The molecule has 1 aliphatic carbocycles. The molecule has 1 saturated carbocycles. The molecular weight excluding hydrogens is 298 g/mol. The van der Waals surface area contributed by atoms with Crippen LogP contribution in [0.15, 0.2) is 35.0 Å². The Kier molecular flexibility index (Phi) is 4.50. The van der Waals surface area contributed by atoms with Crippen molar-refractivity contribution in [3.63, 3.8) is 0 Å². The maximum absolute atomic E-state index is 5.57. The summed E-state index contributed by atoms with van der Waals surface area (Å²) >= 11 is 3.69. The van der Waals surface area contributed by atoms with Crippen molar-refractivity contribution in [3.8, 4) is 0 Å². The Bertz CT molecular complexity index is 547. The molecule has 0 saturated heterocycles. The van der Waals surface area contributed by atoms with Crippen molar-refractivity contribution >= 4 is 22.7 Å². The van der Waals surface area contributed by atoms with Crippen molar-refractivity contribution in [3.05, 3.63) is 44.8 Å². The average Bonchev–Trinajstić information content (AvgIpc) is 3.14. The summed E-state index contributed by atoms with van der Waals surface area (Å²) in [6.45, 7) is 4.61. The van der Waals surface area contributed by atoms with Crippen molar-refractivity contribution in [1.29, 1.82) is 0 Å². The minimum absolute atomic E-state index is 0.208. The van der Waals surface area contributed by atoms with Crippen LogP contribution in [0, 0.1) is 5.41 Å². The molecule has 0 aliphatic heterocycles. The lowest BCUT2D eigenvalue weighted by Gasteiger charge is -2.52. The highest BCUT2D eigenvalue weighted by molar-refractivity contribution is 7.10.